The molecule has 0 aliphatic carbocycles. The summed E-state index contributed by atoms with van der Waals surface area (Å²) >= 11 is 0. The van der Waals surface area contributed by atoms with E-state index in [4.69, 9.17) is 53.6 Å². The number of esters is 2. The number of phosphoric acid groups is 2. The number of hydrogen-bond donors (Lipinski definition) is 3. The SMILES string of the molecule is CC[C@@]1(OCOP(=O)(O)O)C(=O)OCc2c1cc1n(c2=O)Cc2cc3ccccc3nc2-1.CC[C@@]1(OCOP(=O)([O-])O)C(=O)OCc2c1cc1n(c2=O)Cc2cc3ccccc3nc2-1.O=CO[O-].[Na+].[Na+]. The van der Waals surface area contributed by atoms with Gasteiger partial charge in [-0.2, -0.15) is 0 Å². The summed E-state index contributed by atoms with van der Waals surface area (Å²) in [6.45, 7) is 1.55. The Balaban J connectivity index is 0.000000208. The number of fused-ring (bicyclic) bond motifs is 10. The Morgan fingerprint density at radius 2 is 1.10 bits per heavy atom. The monoisotopic (exact) mass is 1020 g/mol. The minimum Gasteiger partial charge on any atom is -0.756 e. The van der Waals surface area contributed by atoms with Gasteiger partial charge in [0, 0.05) is 33.0 Å². The summed E-state index contributed by atoms with van der Waals surface area (Å²) in [5.41, 5.74) is 2.52. The van der Waals surface area contributed by atoms with Gasteiger partial charge in [0.2, 0.25) is 0 Å². The molecule has 3 atom stereocenters. The summed E-state index contributed by atoms with van der Waals surface area (Å²) in [6, 6.07) is 22.5. The van der Waals surface area contributed by atoms with E-state index in [2.05, 4.69) is 13.9 Å². The first kappa shape index (κ1) is 55.0. The number of benzene rings is 2. The molecule has 4 aliphatic heterocycles. The first-order valence-corrected chi connectivity index (χ1v) is 23.5. The number of phosphoric ester groups is 2. The van der Waals surface area contributed by atoms with Crippen LogP contribution < -0.4 is 80.4 Å². The first-order chi connectivity index (χ1) is 32.4. The van der Waals surface area contributed by atoms with Crippen LogP contribution in [0.5, 0.6) is 0 Å². The van der Waals surface area contributed by atoms with Gasteiger partial charge in [0.15, 0.2) is 24.8 Å². The van der Waals surface area contributed by atoms with E-state index in [-0.39, 0.29) is 119 Å². The number of pyridine rings is 4. The second-order valence-corrected chi connectivity index (χ2v) is 17.9. The molecular weight excluding hydrogens is 984 g/mol. The Morgan fingerprint density at radius 1 is 0.700 bits per heavy atom. The third-order valence-electron chi connectivity index (χ3n) is 11.9. The minimum atomic E-state index is -5.07. The number of nitrogens with zero attached hydrogens (tertiary/aromatic N) is 4. The van der Waals surface area contributed by atoms with Crippen molar-refractivity contribution in [1.82, 2.24) is 19.1 Å². The van der Waals surface area contributed by atoms with Crippen LogP contribution in [0, 0.1) is 0 Å². The van der Waals surface area contributed by atoms with Gasteiger partial charge in [0.1, 0.15) is 13.2 Å². The average molecular weight is 1020 g/mol. The number of carbonyl (C=O) groups excluding carboxylic acids is 3. The Hall–Kier alpha value is -4.33. The van der Waals surface area contributed by atoms with Crippen LogP contribution in [-0.4, -0.2) is 65.8 Å². The number of carbonyl (C=O) groups is 3. The molecular formula is C43H38N4Na2O19P2. The molecule has 1 unspecified atom stereocenters. The van der Waals surface area contributed by atoms with Gasteiger partial charge in [-0.1, -0.05) is 50.2 Å². The van der Waals surface area contributed by atoms with Gasteiger partial charge in [-0.15, -0.1) is 0 Å². The van der Waals surface area contributed by atoms with E-state index in [0.29, 0.717) is 41.4 Å². The quantitative estimate of drug-likeness (QED) is 0.0212. The van der Waals surface area contributed by atoms with Crippen molar-refractivity contribution in [1.29, 1.82) is 0 Å². The third kappa shape index (κ3) is 10.5. The summed E-state index contributed by atoms with van der Waals surface area (Å²) in [5.74, 6) is -1.53. The van der Waals surface area contributed by atoms with Gasteiger partial charge < -0.3 is 57.8 Å². The summed E-state index contributed by atoms with van der Waals surface area (Å²) in [6.07, 6.45) is 0.0991. The summed E-state index contributed by atoms with van der Waals surface area (Å²) < 4.78 is 55.3. The van der Waals surface area contributed by atoms with E-state index in [9.17, 15) is 33.2 Å². The molecule has 0 saturated heterocycles. The van der Waals surface area contributed by atoms with Gasteiger partial charge in [-0.05, 0) is 49.2 Å². The number of cyclic esters (lactones) is 2. The molecule has 23 nitrogen and oxygen atoms in total. The maximum atomic E-state index is 13.3. The number of ether oxygens (including phenoxy) is 4. The van der Waals surface area contributed by atoms with E-state index in [1.165, 1.54) is 0 Å². The first-order valence-electron chi connectivity index (χ1n) is 20.4. The topological polar surface area (TPSA) is 327 Å². The predicted octanol–water partition coefficient (Wildman–Crippen LogP) is -3.85. The van der Waals surface area contributed by atoms with Crippen LogP contribution in [-0.2, 0) is 93.9 Å². The minimum absolute atomic E-state index is 0. The summed E-state index contributed by atoms with van der Waals surface area (Å²) in [4.78, 5) is 111. The summed E-state index contributed by atoms with van der Waals surface area (Å²) in [5, 5.41) is 10.3. The second kappa shape index (κ2) is 21.8. The zero-order chi connectivity index (χ0) is 48.8. The number of hydrogen-bond acceptors (Lipinski definition) is 18. The maximum Gasteiger partial charge on any atom is 1.00 e. The second-order valence-electron chi connectivity index (χ2n) is 15.5. The molecule has 27 heteroatoms. The summed E-state index contributed by atoms with van der Waals surface area (Å²) in [7, 11) is -9.89. The van der Waals surface area contributed by atoms with Gasteiger partial charge >= 0.3 is 78.9 Å². The van der Waals surface area contributed by atoms with Crippen molar-refractivity contribution in [3.05, 3.63) is 127 Å². The molecule has 2 aromatic carbocycles. The van der Waals surface area contributed by atoms with Gasteiger partial charge in [-0.25, -0.2) is 24.1 Å². The fourth-order valence-corrected chi connectivity index (χ4v) is 9.07. The van der Waals surface area contributed by atoms with E-state index in [0.717, 1.165) is 32.9 Å². The fourth-order valence-electron chi connectivity index (χ4n) is 8.69. The Kier molecular flexibility index (Phi) is 17.1. The average Bonchev–Trinajstić information content (AvgIpc) is 3.86. The molecule has 4 aliphatic rings. The number of para-hydroxylation sites is 2. The predicted molar refractivity (Wildman–Crippen MR) is 228 cm³/mol. The Labute approximate surface area is 439 Å². The fraction of sp³-hybridized carbons (Fsp3) is 0.279. The molecule has 10 rings (SSSR count). The molecule has 4 aromatic heterocycles. The Morgan fingerprint density at radius 3 is 1.47 bits per heavy atom. The third-order valence-corrected chi connectivity index (χ3v) is 12.7. The zero-order valence-corrected chi connectivity index (χ0v) is 43.5. The van der Waals surface area contributed by atoms with Crippen LogP contribution in [0.4, 0.5) is 0 Å². The number of aromatic nitrogens is 4. The van der Waals surface area contributed by atoms with Crippen molar-refractivity contribution in [2.24, 2.45) is 0 Å². The van der Waals surface area contributed by atoms with Gasteiger partial charge in [-0.3, -0.25) is 28.0 Å². The largest absolute Gasteiger partial charge is 1.00 e. The smallest absolute Gasteiger partial charge is 0.756 e. The molecule has 0 fully saturated rings. The molecule has 0 spiro atoms. The maximum absolute atomic E-state index is 13.3. The van der Waals surface area contributed by atoms with Crippen LogP contribution in [0.1, 0.15) is 60.1 Å². The molecule has 356 valence electrons. The van der Waals surface area contributed by atoms with Crippen LogP contribution in [0.25, 0.3) is 44.6 Å². The van der Waals surface area contributed by atoms with Crippen molar-refractivity contribution in [3.63, 3.8) is 0 Å². The van der Waals surface area contributed by atoms with E-state index in [1.807, 2.05) is 60.7 Å². The van der Waals surface area contributed by atoms with Crippen LogP contribution in [0.15, 0.2) is 82.4 Å². The van der Waals surface area contributed by atoms with E-state index in [1.54, 1.807) is 35.1 Å². The Bertz CT molecular complexity index is 3060. The van der Waals surface area contributed by atoms with Crippen molar-refractivity contribution >= 4 is 55.9 Å². The molecule has 0 bridgehead atoms. The van der Waals surface area contributed by atoms with Crippen LogP contribution >= 0.6 is 15.6 Å². The van der Waals surface area contributed by atoms with Crippen molar-refractivity contribution in [3.8, 4) is 22.8 Å². The molecule has 0 radical (unpaired) electrons. The zero-order valence-electron chi connectivity index (χ0n) is 37.7. The molecule has 0 saturated carbocycles. The van der Waals surface area contributed by atoms with Gasteiger partial charge in [0.05, 0.1) is 58.0 Å². The number of rotatable bonds is 11. The van der Waals surface area contributed by atoms with Crippen LogP contribution in [0.2, 0.25) is 0 Å². The van der Waals surface area contributed by atoms with Crippen molar-refractivity contribution in [2.75, 3.05) is 13.6 Å². The van der Waals surface area contributed by atoms with E-state index >= 15 is 0 Å². The van der Waals surface area contributed by atoms with Crippen molar-refractivity contribution in [2.45, 2.75) is 64.2 Å². The molecule has 70 heavy (non-hydrogen) atoms. The van der Waals surface area contributed by atoms with E-state index < -0.39 is 52.4 Å². The molecule has 3 N–H and O–H groups in total. The molecule has 6 aromatic rings. The normalized spacial score (nSPS) is 18.7. The standard InChI is InChI=1S/2C21H19N2O8P.CH2O3.2Na/c2*1-2-21(30-11-31-32(26,27)28)15-8-17-18-13(7-12-5-3-4-6-16(12)22-18)9-23(17)19(24)14(15)10-29-20(21)25;2-1-4-3;;/h2*3-8H,2,9-11H2,1H3,(H2,26,27,28);1,3H;;/q;;;2*+1/p-2/t2*21-;;;/m00.../s1. The van der Waals surface area contributed by atoms with Crippen LogP contribution in [0.3, 0.4) is 0 Å². The molecule has 8 heterocycles. The van der Waals surface area contributed by atoms with Gasteiger partial charge in [0.25, 0.3) is 25.4 Å². The molecule has 0 amide bonds. The van der Waals surface area contributed by atoms with Crippen molar-refractivity contribution < 1.29 is 140 Å².